The number of ether oxygens (including phenoxy) is 1. The van der Waals surface area contributed by atoms with Crippen molar-refractivity contribution in [1.29, 1.82) is 0 Å². The Labute approximate surface area is 127 Å². The second-order valence-electron chi connectivity index (χ2n) is 4.95. The van der Waals surface area contributed by atoms with Gasteiger partial charge in [0.25, 0.3) is 0 Å². The van der Waals surface area contributed by atoms with Crippen LogP contribution in [0.2, 0.25) is 5.02 Å². The molecular weight excluding hydrogens is 298 g/mol. The summed E-state index contributed by atoms with van der Waals surface area (Å²) in [5.74, 6) is -0.383. The van der Waals surface area contributed by atoms with Crippen LogP contribution < -0.4 is 16.4 Å². The molecule has 0 radical (unpaired) electrons. The number of carbonyl (C=O) groups excluding carboxylic acids is 1. The zero-order chi connectivity index (χ0) is 14.8. The number of benzene rings is 1. The van der Waals surface area contributed by atoms with Crippen molar-refractivity contribution in [2.24, 2.45) is 5.73 Å². The molecule has 1 saturated heterocycles. The molecule has 2 rings (SSSR count). The maximum Gasteiger partial charge on any atom is 0.219 e. The lowest BCUT2D eigenvalue weighted by atomic mass is 9.93. The van der Waals surface area contributed by atoms with Crippen LogP contribution in [0.1, 0.15) is 12.0 Å². The number of carbonyl (C=O) groups is 1. The van der Waals surface area contributed by atoms with E-state index in [9.17, 15) is 4.79 Å². The van der Waals surface area contributed by atoms with Crippen molar-refractivity contribution in [3.63, 3.8) is 0 Å². The number of halogens is 1. The van der Waals surface area contributed by atoms with Crippen LogP contribution in [0.15, 0.2) is 18.2 Å². The van der Waals surface area contributed by atoms with Gasteiger partial charge in [-0.05, 0) is 42.9 Å². The Morgan fingerprint density at radius 2 is 2.25 bits per heavy atom. The first-order chi connectivity index (χ1) is 9.40. The van der Waals surface area contributed by atoms with Gasteiger partial charge in [0, 0.05) is 10.7 Å². The summed E-state index contributed by atoms with van der Waals surface area (Å²) in [6, 6.07) is 5.48. The first-order valence-electron chi connectivity index (χ1n) is 6.12. The van der Waals surface area contributed by atoms with E-state index in [0.717, 1.165) is 11.3 Å². The van der Waals surface area contributed by atoms with Gasteiger partial charge >= 0.3 is 0 Å². The maximum absolute atomic E-state index is 11.1. The first kappa shape index (κ1) is 15.0. The molecule has 0 atom stereocenters. The molecule has 108 valence electrons. The van der Waals surface area contributed by atoms with E-state index in [1.807, 2.05) is 19.1 Å². The zero-order valence-electron chi connectivity index (χ0n) is 11.0. The Hall–Kier alpha value is -1.37. The number of rotatable bonds is 4. The van der Waals surface area contributed by atoms with Gasteiger partial charge in [0.05, 0.1) is 25.2 Å². The number of hydrogen-bond donors (Lipinski definition) is 3. The molecule has 1 aliphatic rings. The van der Waals surface area contributed by atoms with Gasteiger partial charge in [0.2, 0.25) is 5.91 Å². The molecular formula is C13H16ClN3O2S. The quantitative estimate of drug-likeness (QED) is 0.736. The molecule has 4 N–H and O–H groups in total. The highest BCUT2D eigenvalue weighted by atomic mass is 35.5. The topological polar surface area (TPSA) is 76.4 Å². The number of anilines is 1. The first-order valence-corrected chi connectivity index (χ1v) is 6.90. The highest BCUT2D eigenvalue weighted by Crippen LogP contribution is 2.22. The van der Waals surface area contributed by atoms with E-state index in [2.05, 4.69) is 10.6 Å². The van der Waals surface area contributed by atoms with Crippen molar-refractivity contribution in [2.45, 2.75) is 18.9 Å². The Balaban J connectivity index is 1.99. The van der Waals surface area contributed by atoms with Crippen LogP contribution in [-0.2, 0) is 9.53 Å². The van der Waals surface area contributed by atoms with Gasteiger partial charge < -0.3 is 21.1 Å². The molecule has 1 fully saturated rings. The fraction of sp³-hybridized carbons (Fsp3) is 0.385. The van der Waals surface area contributed by atoms with Gasteiger partial charge in [-0.3, -0.25) is 4.79 Å². The van der Waals surface area contributed by atoms with Crippen LogP contribution in [0.25, 0.3) is 0 Å². The third kappa shape index (κ3) is 3.59. The molecule has 5 nitrogen and oxygen atoms in total. The predicted molar refractivity (Wildman–Crippen MR) is 82.9 cm³/mol. The van der Waals surface area contributed by atoms with Crippen LogP contribution in [0.5, 0.6) is 0 Å². The van der Waals surface area contributed by atoms with E-state index >= 15 is 0 Å². The van der Waals surface area contributed by atoms with Gasteiger partial charge in [-0.2, -0.15) is 0 Å². The summed E-state index contributed by atoms with van der Waals surface area (Å²) in [6.45, 7) is 2.76. The summed E-state index contributed by atoms with van der Waals surface area (Å²) in [7, 11) is 0. The molecule has 1 heterocycles. The van der Waals surface area contributed by atoms with Crippen LogP contribution in [0.4, 0.5) is 5.69 Å². The number of nitrogens with one attached hydrogen (secondary N) is 2. The summed E-state index contributed by atoms with van der Waals surface area (Å²) in [4.78, 5) is 11.1. The van der Waals surface area contributed by atoms with Crippen LogP contribution in [-0.4, -0.2) is 29.8 Å². The Morgan fingerprint density at radius 3 is 2.75 bits per heavy atom. The number of nitrogens with two attached hydrogens (primary N) is 1. The number of hydrogen-bond acceptors (Lipinski definition) is 3. The molecule has 0 aromatic heterocycles. The normalized spacial score (nSPS) is 16.1. The van der Waals surface area contributed by atoms with E-state index < -0.39 is 5.54 Å². The fourth-order valence-corrected chi connectivity index (χ4v) is 2.62. The smallest absolute Gasteiger partial charge is 0.219 e. The molecule has 1 aromatic carbocycles. The minimum atomic E-state index is -0.490. The van der Waals surface area contributed by atoms with E-state index in [0.29, 0.717) is 23.3 Å². The molecule has 0 aliphatic carbocycles. The second-order valence-corrected chi connectivity index (χ2v) is 5.80. The summed E-state index contributed by atoms with van der Waals surface area (Å²) >= 11 is 11.2. The third-order valence-electron chi connectivity index (χ3n) is 3.08. The molecule has 0 unspecified atom stereocenters. The van der Waals surface area contributed by atoms with Crippen molar-refractivity contribution in [2.75, 3.05) is 18.5 Å². The molecule has 1 amide bonds. The van der Waals surface area contributed by atoms with E-state index in [-0.39, 0.29) is 12.3 Å². The molecule has 0 bridgehead atoms. The van der Waals surface area contributed by atoms with E-state index in [1.165, 1.54) is 0 Å². The van der Waals surface area contributed by atoms with Crippen molar-refractivity contribution in [1.82, 2.24) is 5.32 Å². The molecule has 1 aromatic rings. The standard InChI is InChI=1S/C13H16ClN3O2S/c1-8-4-9(14)2-3-10(8)16-12(20)17-13(5-11(15)18)6-19-7-13/h2-4H,5-7H2,1H3,(H2,15,18)(H2,16,17,20). The lowest BCUT2D eigenvalue weighted by molar-refractivity contribution is -0.126. The number of amides is 1. The Bertz CT molecular complexity index is 546. The maximum atomic E-state index is 11.1. The number of aryl methyl sites for hydroxylation is 1. The lowest BCUT2D eigenvalue weighted by Gasteiger charge is -2.42. The minimum Gasteiger partial charge on any atom is -0.376 e. The lowest BCUT2D eigenvalue weighted by Crippen LogP contribution is -2.64. The molecule has 7 heteroatoms. The van der Waals surface area contributed by atoms with Crippen molar-refractivity contribution in [3.05, 3.63) is 28.8 Å². The SMILES string of the molecule is Cc1cc(Cl)ccc1NC(=S)NC1(CC(N)=O)COC1. The van der Waals surface area contributed by atoms with Gasteiger partial charge in [-0.25, -0.2) is 0 Å². The van der Waals surface area contributed by atoms with E-state index in [1.54, 1.807) is 6.07 Å². The Morgan fingerprint density at radius 1 is 1.55 bits per heavy atom. The van der Waals surface area contributed by atoms with Crippen molar-refractivity contribution in [3.8, 4) is 0 Å². The fourth-order valence-electron chi connectivity index (χ4n) is 2.06. The molecule has 0 saturated carbocycles. The molecule has 1 aliphatic heterocycles. The average molecular weight is 314 g/mol. The van der Waals surface area contributed by atoms with Gasteiger partial charge in [-0.15, -0.1) is 0 Å². The number of thiocarbonyl (C=S) groups is 1. The highest BCUT2D eigenvalue weighted by Gasteiger charge is 2.40. The highest BCUT2D eigenvalue weighted by molar-refractivity contribution is 7.80. The minimum absolute atomic E-state index is 0.189. The zero-order valence-corrected chi connectivity index (χ0v) is 12.6. The predicted octanol–water partition coefficient (Wildman–Crippen LogP) is 1.58. The van der Waals surface area contributed by atoms with Gasteiger partial charge in [-0.1, -0.05) is 11.6 Å². The van der Waals surface area contributed by atoms with Crippen LogP contribution in [0, 0.1) is 6.92 Å². The molecule has 20 heavy (non-hydrogen) atoms. The van der Waals surface area contributed by atoms with Crippen LogP contribution in [0.3, 0.4) is 0 Å². The summed E-state index contributed by atoms with van der Waals surface area (Å²) in [6.07, 6.45) is 0.189. The van der Waals surface area contributed by atoms with E-state index in [4.69, 9.17) is 34.3 Å². The van der Waals surface area contributed by atoms with Crippen molar-refractivity contribution >= 4 is 40.5 Å². The van der Waals surface area contributed by atoms with Gasteiger partial charge in [0.1, 0.15) is 0 Å². The average Bonchev–Trinajstić information content (AvgIpc) is 2.29. The van der Waals surface area contributed by atoms with Crippen molar-refractivity contribution < 1.29 is 9.53 Å². The molecule has 0 spiro atoms. The summed E-state index contributed by atoms with van der Waals surface area (Å²) in [5, 5.41) is 7.30. The second kappa shape index (κ2) is 5.95. The summed E-state index contributed by atoms with van der Waals surface area (Å²) < 4.78 is 5.15. The Kier molecular flexibility index (Phi) is 4.47. The third-order valence-corrected chi connectivity index (χ3v) is 3.52. The number of primary amides is 1. The monoisotopic (exact) mass is 313 g/mol. The largest absolute Gasteiger partial charge is 0.376 e. The summed E-state index contributed by atoms with van der Waals surface area (Å²) in [5.41, 5.74) is 6.60. The van der Waals surface area contributed by atoms with Crippen LogP contribution >= 0.6 is 23.8 Å². The van der Waals surface area contributed by atoms with Gasteiger partial charge in [0.15, 0.2) is 5.11 Å².